The van der Waals surface area contributed by atoms with E-state index in [1.54, 1.807) is 12.7 Å². The topological polar surface area (TPSA) is 9.23 Å². The molecule has 0 unspecified atom stereocenters. The zero-order valence-corrected chi connectivity index (χ0v) is 13.8. The Morgan fingerprint density at radius 3 is 2.25 bits per heavy atom. The third-order valence-corrected chi connectivity index (χ3v) is 4.11. The number of para-hydroxylation sites is 1. The molecule has 0 aliphatic heterocycles. The molecule has 0 radical (unpaired) electrons. The van der Waals surface area contributed by atoms with E-state index < -0.39 is 0 Å². The highest BCUT2D eigenvalue weighted by Gasteiger charge is 2.19. The van der Waals surface area contributed by atoms with Crippen molar-refractivity contribution in [2.75, 3.05) is 7.11 Å². The lowest BCUT2D eigenvalue weighted by Gasteiger charge is -2.27. The second kappa shape index (κ2) is 8.84. The average molecular weight is 274 g/mol. The van der Waals surface area contributed by atoms with Crippen molar-refractivity contribution >= 4 is 6.08 Å². The highest BCUT2D eigenvalue weighted by Crippen LogP contribution is 2.34. The quantitative estimate of drug-likeness (QED) is 0.661. The first-order chi connectivity index (χ1) is 9.70. The number of benzene rings is 1. The molecule has 2 rings (SSSR count). The van der Waals surface area contributed by atoms with Gasteiger partial charge in [0.1, 0.15) is 5.75 Å². The van der Waals surface area contributed by atoms with E-state index in [0.29, 0.717) is 0 Å². The van der Waals surface area contributed by atoms with E-state index in [1.807, 2.05) is 26.0 Å². The van der Waals surface area contributed by atoms with Gasteiger partial charge in [0.05, 0.1) is 7.11 Å². The molecule has 20 heavy (non-hydrogen) atoms. The van der Waals surface area contributed by atoms with Gasteiger partial charge in [0.2, 0.25) is 0 Å². The zero-order chi connectivity index (χ0) is 15.0. The van der Waals surface area contributed by atoms with Crippen molar-refractivity contribution in [3.05, 3.63) is 35.4 Å². The van der Waals surface area contributed by atoms with E-state index in [0.717, 1.165) is 17.6 Å². The number of ether oxygens (including phenoxy) is 1. The molecule has 1 aliphatic carbocycles. The van der Waals surface area contributed by atoms with Gasteiger partial charge in [0.15, 0.2) is 0 Å². The van der Waals surface area contributed by atoms with Gasteiger partial charge in [-0.1, -0.05) is 57.5 Å². The van der Waals surface area contributed by atoms with Crippen LogP contribution in [0.15, 0.2) is 29.8 Å². The molecule has 0 atom stereocenters. The van der Waals surface area contributed by atoms with Crippen LogP contribution in [0.2, 0.25) is 0 Å². The largest absolute Gasteiger partial charge is 0.496 e. The molecule has 0 spiro atoms. The first-order valence-corrected chi connectivity index (χ1v) is 8.03. The molecule has 0 saturated heterocycles. The van der Waals surface area contributed by atoms with Crippen LogP contribution < -0.4 is 4.74 Å². The number of hydrogen-bond donors (Lipinski definition) is 0. The van der Waals surface area contributed by atoms with Gasteiger partial charge in [-0.2, -0.15) is 0 Å². The fourth-order valence-electron chi connectivity index (χ4n) is 2.83. The lowest BCUT2D eigenvalue weighted by molar-refractivity contribution is 0.312. The predicted octanol–water partition coefficient (Wildman–Crippen LogP) is 5.95. The standard InChI is InChI=1S/C17H24O.C2H6/c1-13(2)15-10-8-14(9-11-15)12-16-6-4-5-7-17(16)18-3;1-2/h4-7,12-13,15H,8-11H2,1-3H3;1-2H3. The van der Waals surface area contributed by atoms with Crippen molar-refractivity contribution in [3.8, 4) is 5.75 Å². The van der Waals surface area contributed by atoms with Crippen molar-refractivity contribution in [2.24, 2.45) is 11.8 Å². The molecule has 0 bridgehead atoms. The van der Waals surface area contributed by atoms with Crippen LogP contribution in [0.5, 0.6) is 5.75 Å². The van der Waals surface area contributed by atoms with E-state index in [4.69, 9.17) is 4.74 Å². The van der Waals surface area contributed by atoms with Gasteiger partial charge in [0, 0.05) is 5.56 Å². The van der Waals surface area contributed by atoms with Gasteiger partial charge >= 0.3 is 0 Å². The molecule has 112 valence electrons. The molecule has 1 aromatic rings. The summed E-state index contributed by atoms with van der Waals surface area (Å²) in [4.78, 5) is 0. The first kappa shape index (κ1) is 16.8. The first-order valence-electron chi connectivity index (χ1n) is 8.03. The number of allylic oxidation sites excluding steroid dienone is 1. The third-order valence-electron chi connectivity index (χ3n) is 4.11. The normalized spacial score (nSPS) is 18.3. The smallest absolute Gasteiger partial charge is 0.126 e. The highest BCUT2D eigenvalue weighted by molar-refractivity contribution is 5.59. The summed E-state index contributed by atoms with van der Waals surface area (Å²) < 4.78 is 5.40. The molecular formula is C19H30O. The third kappa shape index (κ3) is 4.70. The van der Waals surface area contributed by atoms with E-state index >= 15 is 0 Å². The Morgan fingerprint density at radius 1 is 1.10 bits per heavy atom. The van der Waals surface area contributed by atoms with Crippen molar-refractivity contribution in [3.63, 3.8) is 0 Å². The summed E-state index contributed by atoms with van der Waals surface area (Å²) in [6, 6.07) is 8.28. The summed E-state index contributed by atoms with van der Waals surface area (Å²) in [5.41, 5.74) is 2.80. The van der Waals surface area contributed by atoms with E-state index in [-0.39, 0.29) is 0 Å². The molecule has 0 amide bonds. The predicted molar refractivity (Wildman–Crippen MR) is 89.1 cm³/mol. The average Bonchev–Trinajstić information content (AvgIpc) is 2.50. The van der Waals surface area contributed by atoms with Gasteiger partial charge in [-0.05, 0) is 43.6 Å². The molecule has 0 N–H and O–H groups in total. The summed E-state index contributed by atoms with van der Waals surface area (Å²) in [6.45, 7) is 8.69. The minimum atomic E-state index is 0.831. The van der Waals surface area contributed by atoms with Crippen LogP contribution in [0.4, 0.5) is 0 Å². The lowest BCUT2D eigenvalue weighted by atomic mass is 9.79. The summed E-state index contributed by atoms with van der Waals surface area (Å²) in [7, 11) is 1.74. The molecule has 1 nitrogen and oxygen atoms in total. The summed E-state index contributed by atoms with van der Waals surface area (Å²) >= 11 is 0. The number of rotatable bonds is 3. The van der Waals surface area contributed by atoms with Crippen LogP contribution in [-0.4, -0.2) is 7.11 Å². The fraction of sp³-hybridized carbons (Fsp3) is 0.579. The van der Waals surface area contributed by atoms with E-state index in [1.165, 1.54) is 31.2 Å². The molecule has 0 heterocycles. The molecular weight excluding hydrogens is 244 g/mol. The monoisotopic (exact) mass is 274 g/mol. The van der Waals surface area contributed by atoms with Crippen LogP contribution in [-0.2, 0) is 0 Å². The van der Waals surface area contributed by atoms with Gasteiger partial charge in [0.25, 0.3) is 0 Å². The van der Waals surface area contributed by atoms with Crippen LogP contribution in [0.25, 0.3) is 6.08 Å². The second-order valence-electron chi connectivity index (χ2n) is 5.63. The van der Waals surface area contributed by atoms with Crippen molar-refractivity contribution in [1.29, 1.82) is 0 Å². The Labute approximate surface area is 125 Å². The van der Waals surface area contributed by atoms with E-state index in [2.05, 4.69) is 32.1 Å². The van der Waals surface area contributed by atoms with Crippen molar-refractivity contribution in [2.45, 2.75) is 53.4 Å². The number of methoxy groups -OCH3 is 1. The van der Waals surface area contributed by atoms with Crippen molar-refractivity contribution < 1.29 is 4.74 Å². The maximum Gasteiger partial charge on any atom is 0.126 e. The van der Waals surface area contributed by atoms with Crippen LogP contribution in [0.3, 0.4) is 0 Å². The van der Waals surface area contributed by atoms with E-state index in [9.17, 15) is 0 Å². The van der Waals surface area contributed by atoms with Gasteiger partial charge in [-0.25, -0.2) is 0 Å². The molecule has 0 aromatic heterocycles. The molecule has 1 aliphatic rings. The van der Waals surface area contributed by atoms with Crippen molar-refractivity contribution in [1.82, 2.24) is 0 Å². The van der Waals surface area contributed by atoms with Gasteiger partial charge < -0.3 is 4.74 Å². The fourth-order valence-corrected chi connectivity index (χ4v) is 2.83. The minimum absolute atomic E-state index is 0.831. The Balaban J connectivity index is 0.000000956. The summed E-state index contributed by atoms with van der Waals surface area (Å²) in [5.74, 6) is 2.73. The molecule has 1 aromatic carbocycles. The molecule has 1 heteroatoms. The Hall–Kier alpha value is -1.24. The molecule has 1 saturated carbocycles. The number of hydrogen-bond acceptors (Lipinski definition) is 1. The minimum Gasteiger partial charge on any atom is -0.496 e. The Morgan fingerprint density at radius 2 is 1.70 bits per heavy atom. The lowest BCUT2D eigenvalue weighted by Crippen LogP contribution is -2.13. The van der Waals surface area contributed by atoms with Crippen LogP contribution in [0.1, 0.15) is 58.9 Å². The Bertz CT molecular complexity index is 408. The van der Waals surface area contributed by atoms with Gasteiger partial charge in [-0.3, -0.25) is 0 Å². The van der Waals surface area contributed by atoms with Crippen LogP contribution >= 0.6 is 0 Å². The Kier molecular flexibility index (Phi) is 7.43. The summed E-state index contributed by atoms with van der Waals surface area (Å²) in [5, 5.41) is 0. The molecule has 1 fully saturated rings. The van der Waals surface area contributed by atoms with Crippen LogP contribution in [0, 0.1) is 11.8 Å². The maximum atomic E-state index is 5.40. The summed E-state index contributed by atoms with van der Waals surface area (Å²) in [6.07, 6.45) is 7.52. The SMILES string of the molecule is CC.COc1ccccc1C=C1CCC(C(C)C)CC1. The zero-order valence-electron chi connectivity index (χ0n) is 13.8. The second-order valence-corrected chi connectivity index (χ2v) is 5.63. The highest BCUT2D eigenvalue weighted by atomic mass is 16.5. The maximum absolute atomic E-state index is 5.40. The van der Waals surface area contributed by atoms with Gasteiger partial charge in [-0.15, -0.1) is 0 Å².